The molecule has 1 aliphatic heterocycles. The van der Waals surface area contributed by atoms with Gasteiger partial charge in [-0.1, -0.05) is 27.7 Å². The van der Waals surface area contributed by atoms with Gasteiger partial charge in [0, 0.05) is 61.6 Å². The van der Waals surface area contributed by atoms with E-state index in [9.17, 15) is 9.59 Å². The number of benzene rings is 1. The Morgan fingerprint density at radius 3 is 1.97 bits per heavy atom. The van der Waals surface area contributed by atoms with E-state index in [-0.39, 0.29) is 28.5 Å². The van der Waals surface area contributed by atoms with Crippen molar-refractivity contribution in [3.05, 3.63) is 44.7 Å². The number of nitrogens with zero attached hydrogens (tertiary/aromatic N) is 1. The second-order valence-electron chi connectivity index (χ2n) is 12.7. The van der Waals surface area contributed by atoms with Gasteiger partial charge in [-0.2, -0.15) is 0 Å². The third-order valence-corrected chi connectivity index (χ3v) is 8.28. The predicted molar refractivity (Wildman–Crippen MR) is 152 cm³/mol. The molecule has 0 radical (unpaired) electrons. The molecule has 3 aliphatic rings. The first-order valence-electron chi connectivity index (χ1n) is 13.6. The summed E-state index contributed by atoms with van der Waals surface area (Å²) < 4.78 is 17.9. The number of Topliss-reactive ketones (excluding diaryl/α,β-unsaturated/α-hetero) is 2. The fraction of sp³-hybridized carbons (Fsp3) is 0.613. The van der Waals surface area contributed by atoms with Gasteiger partial charge in [0.1, 0.15) is 0 Å². The number of rotatable bonds is 8. The largest absolute Gasteiger partial charge is 0.493 e. The van der Waals surface area contributed by atoms with E-state index < -0.39 is 5.92 Å². The number of hydrogen-bond acceptors (Lipinski definition) is 6. The van der Waals surface area contributed by atoms with E-state index in [2.05, 4.69) is 48.5 Å². The van der Waals surface area contributed by atoms with Crippen molar-refractivity contribution in [2.75, 3.05) is 27.4 Å². The molecule has 1 aromatic rings. The molecule has 0 bridgehead atoms. The van der Waals surface area contributed by atoms with Crippen LogP contribution in [0.3, 0.4) is 0 Å². The molecule has 38 heavy (non-hydrogen) atoms. The first-order chi connectivity index (χ1) is 17.8. The number of methoxy groups -OCH3 is 2. The van der Waals surface area contributed by atoms with E-state index in [4.69, 9.17) is 14.2 Å². The third-order valence-electron chi connectivity index (χ3n) is 7.69. The zero-order valence-corrected chi connectivity index (χ0v) is 25.7. The fourth-order valence-corrected chi connectivity index (χ4v) is 6.83. The minimum absolute atomic E-state index is 0.0330. The summed E-state index contributed by atoms with van der Waals surface area (Å²) in [5.74, 6) is 1.03. The number of hydrogen-bond donors (Lipinski definition) is 0. The Kier molecular flexibility index (Phi) is 8.21. The van der Waals surface area contributed by atoms with Crippen molar-refractivity contribution in [2.45, 2.75) is 85.7 Å². The van der Waals surface area contributed by atoms with Crippen molar-refractivity contribution >= 4 is 27.5 Å². The molecular weight excluding hydrogens is 546 g/mol. The van der Waals surface area contributed by atoms with Gasteiger partial charge in [0.25, 0.3) is 0 Å². The Morgan fingerprint density at radius 1 is 0.947 bits per heavy atom. The van der Waals surface area contributed by atoms with Crippen molar-refractivity contribution in [2.24, 2.45) is 10.8 Å². The molecule has 0 N–H and O–H groups in total. The quantitative estimate of drug-likeness (QED) is 0.306. The van der Waals surface area contributed by atoms with Gasteiger partial charge < -0.3 is 19.1 Å². The molecule has 0 saturated heterocycles. The summed E-state index contributed by atoms with van der Waals surface area (Å²) in [5, 5.41) is 0. The maximum Gasteiger partial charge on any atom is 0.175 e. The molecule has 208 valence electrons. The lowest BCUT2D eigenvalue weighted by molar-refractivity contribution is -0.119. The van der Waals surface area contributed by atoms with Crippen molar-refractivity contribution in [3.63, 3.8) is 0 Å². The third kappa shape index (κ3) is 5.60. The molecule has 7 heteroatoms. The summed E-state index contributed by atoms with van der Waals surface area (Å²) in [6.45, 7) is 13.9. The van der Waals surface area contributed by atoms with Crippen LogP contribution in [0, 0.1) is 10.8 Å². The van der Waals surface area contributed by atoms with E-state index in [1.807, 2.05) is 26.0 Å². The molecular formula is C31H42BrNO5. The van der Waals surface area contributed by atoms with Gasteiger partial charge in [-0.05, 0) is 77.6 Å². The summed E-state index contributed by atoms with van der Waals surface area (Å²) in [7, 11) is 3.33. The van der Waals surface area contributed by atoms with Crippen LogP contribution in [0.15, 0.2) is 39.1 Å². The number of allylic oxidation sites excluding steroid dienone is 4. The Hall–Kier alpha value is -2.12. The Morgan fingerprint density at radius 2 is 1.50 bits per heavy atom. The van der Waals surface area contributed by atoms with Crippen LogP contribution >= 0.6 is 15.9 Å². The highest BCUT2D eigenvalue weighted by molar-refractivity contribution is 9.10. The lowest BCUT2D eigenvalue weighted by atomic mass is 9.63. The number of carbonyl (C=O) groups excluding carboxylic acids is 2. The van der Waals surface area contributed by atoms with Gasteiger partial charge in [-0.3, -0.25) is 9.59 Å². The van der Waals surface area contributed by atoms with E-state index in [1.165, 1.54) is 0 Å². The van der Waals surface area contributed by atoms with Crippen molar-refractivity contribution < 1.29 is 23.8 Å². The number of ether oxygens (including phenoxy) is 3. The standard InChI is InChI=1S/C31H42BrNO5/c1-18(2)38-29-20(32)12-19(13-25(29)37-8)26-27-21(14-30(3,4)16-23(27)34)33(10-9-11-36-7)22-15-31(5,6)17-24(35)28(22)26/h12-13,18,26H,9-11,14-17H2,1-8H3. The van der Waals surface area contributed by atoms with Crippen LogP contribution in [0.2, 0.25) is 0 Å². The zero-order chi connectivity index (χ0) is 28.0. The number of halogens is 1. The first kappa shape index (κ1) is 28.9. The van der Waals surface area contributed by atoms with Crippen LogP contribution in [-0.2, 0) is 14.3 Å². The van der Waals surface area contributed by atoms with Crippen molar-refractivity contribution in [3.8, 4) is 11.5 Å². The second-order valence-corrected chi connectivity index (χ2v) is 13.6. The number of carbonyl (C=O) groups is 2. The average molecular weight is 589 g/mol. The minimum atomic E-state index is -0.427. The molecule has 0 unspecified atom stereocenters. The van der Waals surface area contributed by atoms with E-state index in [0.717, 1.165) is 58.4 Å². The van der Waals surface area contributed by atoms with Crippen LogP contribution in [0.25, 0.3) is 0 Å². The Bertz CT molecular complexity index is 1140. The van der Waals surface area contributed by atoms with Gasteiger partial charge in [0.15, 0.2) is 23.1 Å². The molecule has 4 rings (SSSR count). The number of ketones is 2. The smallest absolute Gasteiger partial charge is 0.175 e. The van der Waals surface area contributed by atoms with Crippen LogP contribution < -0.4 is 9.47 Å². The second kappa shape index (κ2) is 10.8. The SMILES string of the molecule is COCCCN1C2=C(C(=O)CC(C)(C)C2)C(c2cc(Br)c(OC(C)C)c(OC)c2)C2=C1CC(C)(C)CC2=O. The molecule has 1 aromatic carbocycles. The molecule has 0 spiro atoms. The molecule has 2 aliphatic carbocycles. The topological polar surface area (TPSA) is 65.1 Å². The molecule has 6 nitrogen and oxygen atoms in total. The average Bonchev–Trinajstić information content (AvgIpc) is 2.79. The van der Waals surface area contributed by atoms with Crippen LogP contribution in [-0.4, -0.2) is 49.9 Å². The molecule has 0 fully saturated rings. The first-order valence-corrected chi connectivity index (χ1v) is 14.4. The van der Waals surface area contributed by atoms with E-state index >= 15 is 0 Å². The van der Waals surface area contributed by atoms with E-state index in [0.29, 0.717) is 30.9 Å². The maximum atomic E-state index is 14.0. The Balaban J connectivity index is 1.97. The molecule has 0 saturated carbocycles. The van der Waals surface area contributed by atoms with Gasteiger partial charge in [0.05, 0.1) is 17.7 Å². The molecule has 0 amide bonds. The molecule has 0 aromatic heterocycles. The lowest BCUT2D eigenvalue weighted by Gasteiger charge is -2.49. The lowest BCUT2D eigenvalue weighted by Crippen LogP contribution is -2.44. The highest BCUT2D eigenvalue weighted by atomic mass is 79.9. The van der Waals surface area contributed by atoms with Crippen LogP contribution in [0.4, 0.5) is 0 Å². The van der Waals surface area contributed by atoms with Crippen LogP contribution in [0.5, 0.6) is 11.5 Å². The maximum absolute atomic E-state index is 14.0. The normalized spacial score (nSPS) is 21.2. The predicted octanol–water partition coefficient (Wildman–Crippen LogP) is 6.97. The molecule has 1 heterocycles. The summed E-state index contributed by atoms with van der Waals surface area (Å²) in [6, 6.07) is 3.95. The van der Waals surface area contributed by atoms with Gasteiger partial charge in [0.2, 0.25) is 0 Å². The van der Waals surface area contributed by atoms with Gasteiger partial charge in [-0.25, -0.2) is 0 Å². The zero-order valence-electron chi connectivity index (χ0n) is 24.1. The monoisotopic (exact) mass is 587 g/mol. The highest BCUT2D eigenvalue weighted by Crippen LogP contribution is 2.55. The minimum Gasteiger partial charge on any atom is -0.493 e. The van der Waals surface area contributed by atoms with Crippen molar-refractivity contribution in [1.82, 2.24) is 4.90 Å². The van der Waals surface area contributed by atoms with Crippen molar-refractivity contribution in [1.29, 1.82) is 0 Å². The summed E-state index contributed by atoms with van der Waals surface area (Å²) in [4.78, 5) is 30.2. The highest BCUT2D eigenvalue weighted by Gasteiger charge is 2.49. The summed E-state index contributed by atoms with van der Waals surface area (Å²) >= 11 is 3.70. The Labute approximate surface area is 235 Å². The van der Waals surface area contributed by atoms with Crippen LogP contribution in [0.1, 0.15) is 85.1 Å². The van der Waals surface area contributed by atoms with Gasteiger partial charge >= 0.3 is 0 Å². The van der Waals surface area contributed by atoms with E-state index in [1.54, 1.807) is 14.2 Å². The fourth-order valence-electron chi connectivity index (χ4n) is 6.27. The summed E-state index contributed by atoms with van der Waals surface area (Å²) in [5.41, 5.74) is 4.23. The summed E-state index contributed by atoms with van der Waals surface area (Å²) in [6.07, 6.45) is 3.28. The van der Waals surface area contributed by atoms with Gasteiger partial charge in [-0.15, -0.1) is 0 Å². The molecule has 0 atom stereocenters.